The quantitative estimate of drug-likeness (QED) is 0.798. The maximum atomic E-state index is 13.2. The number of halogens is 1. The predicted octanol–water partition coefficient (Wildman–Crippen LogP) is 3.28. The number of aryl methyl sites for hydroxylation is 1. The largest absolute Gasteiger partial charge is 0.372 e. The molecule has 3 aliphatic rings. The fraction of sp³-hybridized carbons (Fsp3) is 0.560. The van der Waals surface area contributed by atoms with E-state index in [2.05, 4.69) is 52.5 Å². The highest BCUT2D eigenvalue weighted by Crippen LogP contribution is 2.33. The van der Waals surface area contributed by atoms with Crippen molar-refractivity contribution < 1.29 is 9.13 Å². The Bertz CT molecular complexity index is 907. The van der Waals surface area contributed by atoms with Crippen LogP contribution >= 0.6 is 0 Å². The van der Waals surface area contributed by atoms with E-state index in [0.717, 1.165) is 32.5 Å². The molecule has 166 valence electrons. The molecule has 2 aliphatic heterocycles. The number of rotatable bonds is 5. The van der Waals surface area contributed by atoms with Crippen LogP contribution in [-0.2, 0) is 24.1 Å². The zero-order valence-electron chi connectivity index (χ0n) is 18.4. The molecule has 5 nitrogen and oxygen atoms in total. The van der Waals surface area contributed by atoms with E-state index in [9.17, 15) is 4.39 Å². The maximum Gasteiger partial charge on any atom is 0.117 e. The molecule has 1 fully saturated rings. The lowest BCUT2D eigenvalue weighted by molar-refractivity contribution is 0.0246. The number of aromatic nitrogens is 1. The standard InChI is InChI=1S/C25H33FN4O/c1-29(24-9-2-5-18-7-4-10-27-25(18)24)16-20-13-22-19(15-28-20)6-3-8-23(22)30-11-12-31-21(14-26)17-30/h3-4,6-8,10,20-21,24,28H,2,5,9,11-17H2,1H3/t20-,21?,24+/m1/s1. The first-order valence-corrected chi connectivity index (χ1v) is 11.6. The van der Waals surface area contributed by atoms with Crippen LogP contribution in [-0.4, -0.2) is 62.0 Å². The molecule has 1 aromatic heterocycles. The maximum absolute atomic E-state index is 13.2. The second kappa shape index (κ2) is 9.23. The van der Waals surface area contributed by atoms with Crippen molar-refractivity contribution in [3.63, 3.8) is 0 Å². The summed E-state index contributed by atoms with van der Waals surface area (Å²) in [5.74, 6) is 0. The molecule has 5 rings (SSSR count). The molecule has 0 bridgehead atoms. The summed E-state index contributed by atoms with van der Waals surface area (Å²) >= 11 is 0. The molecule has 1 aliphatic carbocycles. The van der Waals surface area contributed by atoms with E-state index in [4.69, 9.17) is 9.72 Å². The van der Waals surface area contributed by atoms with Gasteiger partial charge in [-0.1, -0.05) is 18.2 Å². The Morgan fingerprint density at radius 1 is 1.26 bits per heavy atom. The van der Waals surface area contributed by atoms with E-state index >= 15 is 0 Å². The molecule has 2 aromatic rings. The minimum absolute atomic E-state index is 0.313. The second-order valence-corrected chi connectivity index (χ2v) is 9.19. The number of hydrogen-bond donors (Lipinski definition) is 1. The highest BCUT2D eigenvalue weighted by atomic mass is 19.1. The second-order valence-electron chi connectivity index (χ2n) is 9.19. The van der Waals surface area contributed by atoms with Gasteiger partial charge in [0.15, 0.2) is 0 Å². The molecule has 0 spiro atoms. The summed E-state index contributed by atoms with van der Waals surface area (Å²) < 4.78 is 18.8. The number of alkyl halides is 1. The summed E-state index contributed by atoms with van der Waals surface area (Å²) in [6.45, 7) is 3.52. The topological polar surface area (TPSA) is 40.6 Å². The number of likely N-dealkylation sites (N-methyl/N-ethyl adjacent to an activating group) is 1. The average Bonchev–Trinajstić information content (AvgIpc) is 2.83. The lowest BCUT2D eigenvalue weighted by Crippen LogP contribution is -2.47. The minimum Gasteiger partial charge on any atom is -0.372 e. The third-order valence-corrected chi connectivity index (χ3v) is 7.14. The van der Waals surface area contributed by atoms with Crippen LogP contribution in [0.25, 0.3) is 0 Å². The molecule has 0 amide bonds. The molecule has 1 saturated heterocycles. The summed E-state index contributed by atoms with van der Waals surface area (Å²) in [5.41, 5.74) is 6.71. The Morgan fingerprint density at radius 3 is 3.06 bits per heavy atom. The molecule has 1 N–H and O–H groups in total. The molecule has 6 heteroatoms. The van der Waals surface area contributed by atoms with Gasteiger partial charge in [0.25, 0.3) is 0 Å². The van der Waals surface area contributed by atoms with E-state index < -0.39 is 6.67 Å². The lowest BCUT2D eigenvalue weighted by atomic mass is 9.89. The van der Waals surface area contributed by atoms with Crippen LogP contribution in [0.1, 0.15) is 41.3 Å². The molecule has 31 heavy (non-hydrogen) atoms. The Hall–Kier alpha value is -2.02. The summed E-state index contributed by atoms with van der Waals surface area (Å²) in [6.07, 6.45) is 6.16. The number of fused-ring (bicyclic) bond motifs is 2. The Balaban J connectivity index is 1.31. The van der Waals surface area contributed by atoms with Gasteiger partial charge in [0.05, 0.1) is 18.3 Å². The van der Waals surface area contributed by atoms with Crippen molar-refractivity contribution in [2.75, 3.05) is 44.9 Å². The lowest BCUT2D eigenvalue weighted by Gasteiger charge is -2.39. The Kier molecular flexibility index (Phi) is 6.21. The Labute approximate surface area is 184 Å². The van der Waals surface area contributed by atoms with Crippen LogP contribution in [0.3, 0.4) is 0 Å². The summed E-state index contributed by atoms with van der Waals surface area (Å²) in [7, 11) is 2.24. The number of nitrogens with zero attached hydrogens (tertiary/aromatic N) is 3. The molecule has 0 saturated carbocycles. The third kappa shape index (κ3) is 4.34. The van der Waals surface area contributed by atoms with Gasteiger partial charge in [-0.15, -0.1) is 0 Å². The molecule has 3 heterocycles. The van der Waals surface area contributed by atoms with Crippen LogP contribution in [0.15, 0.2) is 36.5 Å². The van der Waals surface area contributed by atoms with Crippen LogP contribution in [0, 0.1) is 0 Å². The van der Waals surface area contributed by atoms with Crippen LogP contribution in [0.4, 0.5) is 10.1 Å². The monoisotopic (exact) mass is 424 g/mol. The number of nitrogens with one attached hydrogen (secondary N) is 1. The van der Waals surface area contributed by atoms with Crippen molar-refractivity contribution in [3.05, 3.63) is 58.9 Å². The third-order valence-electron chi connectivity index (χ3n) is 7.14. The molecular weight excluding hydrogens is 391 g/mol. The van der Waals surface area contributed by atoms with E-state index in [-0.39, 0.29) is 6.10 Å². The van der Waals surface area contributed by atoms with Crippen molar-refractivity contribution in [2.24, 2.45) is 0 Å². The zero-order valence-corrected chi connectivity index (χ0v) is 18.4. The number of hydrogen-bond acceptors (Lipinski definition) is 5. The van der Waals surface area contributed by atoms with Gasteiger partial charge in [-0.25, -0.2) is 4.39 Å². The summed E-state index contributed by atoms with van der Waals surface area (Å²) in [5, 5.41) is 3.75. The van der Waals surface area contributed by atoms with Gasteiger partial charge in [0.1, 0.15) is 12.8 Å². The fourth-order valence-electron chi connectivity index (χ4n) is 5.54. The van der Waals surface area contributed by atoms with E-state index in [1.807, 2.05) is 6.20 Å². The van der Waals surface area contributed by atoms with Gasteiger partial charge < -0.3 is 15.0 Å². The zero-order chi connectivity index (χ0) is 21.2. The molecule has 3 atom stereocenters. The van der Waals surface area contributed by atoms with Gasteiger partial charge >= 0.3 is 0 Å². The molecule has 1 aromatic carbocycles. The van der Waals surface area contributed by atoms with Gasteiger partial charge in [0, 0.05) is 44.1 Å². The number of benzene rings is 1. The van der Waals surface area contributed by atoms with Crippen molar-refractivity contribution in [1.82, 2.24) is 15.2 Å². The number of pyridine rings is 1. The van der Waals surface area contributed by atoms with E-state index in [1.165, 1.54) is 40.9 Å². The number of anilines is 1. The number of morpholine rings is 1. The van der Waals surface area contributed by atoms with Gasteiger partial charge in [0.2, 0.25) is 0 Å². The molecule has 0 radical (unpaired) electrons. The SMILES string of the molecule is CN(C[C@H]1Cc2c(cccc2N2CCOC(CF)C2)CN1)[C@H]1CCCc2cccnc21. The van der Waals surface area contributed by atoms with Crippen molar-refractivity contribution in [3.8, 4) is 0 Å². The van der Waals surface area contributed by atoms with Crippen molar-refractivity contribution >= 4 is 5.69 Å². The summed E-state index contributed by atoms with van der Waals surface area (Å²) in [6, 6.07) is 11.6. The summed E-state index contributed by atoms with van der Waals surface area (Å²) in [4.78, 5) is 9.54. The van der Waals surface area contributed by atoms with Crippen molar-refractivity contribution in [1.29, 1.82) is 0 Å². The van der Waals surface area contributed by atoms with E-state index in [1.54, 1.807) is 0 Å². The first-order chi connectivity index (χ1) is 15.2. The van der Waals surface area contributed by atoms with E-state index in [0.29, 0.717) is 25.2 Å². The van der Waals surface area contributed by atoms with Crippen LogP contribution in [0.2, 0.25) is 0 Å². The highest BCUT2D eigenvalue weighted by molar-refractivity contribution is 5.58. The molecule has 1 unspecified atom stereocenters. The van der Waals surface area contributed by atoms with Gasteiger partial charge in [-0.3, -0.25) is 9.88 Å². The highest BCUT2D eigenvalue weighted by Gasteiger charge is 2.30. The first kappa shape index (κ1) is 20.9. The normalized spacial score (nSPS) is 25.9. The van der Waals surface area contributed by atoms with Crippen molar-refractivity contribution in [2.45, 2.75) is 50.4 Å². The first-order valence-electron chi connectivity index (χ1n) is 11.6. The predicted molar refractivity (Wildman–Crippen MR) is 121 cm³/mol. The molecular formula is C25H33FN4O. The van der Waals surface area contributed by atoms with Crippen LogP contribution < -0.4 is 10.2 Å². The average molecular weight is 425 g/mol. The van der Waals surface area contributed by atoms with Gasteiger partial charge in [-0.2, -0.15) is 0 Å². The van der Waals surface area contributed by atoms with Gasteiger partial charge in [-0.05, 0) is 61.6 Å². The minimum atomic E-state index is -0.419. The fourth-order valence-corrected chi connectivity index (χ4v) is 5.54. The Morgan fingerprint density at radius 2 is 2.16 bits per heavy atom. The smallest absolute Gasteiger partial charge is 0.117 e. The number of ether oxygens (including phenoxy) is 1. The van der Waals surface area contributed by atoms with Crippen LogP contribution in [0.5, 0.6) is 0 Å².